The van der Waals surface area contributed by atoms with Crippen molar-refractivity contribution in [2.75, 3.05) is 11.1 Å². The van der Waals surface area contributed by atoms with Gasteiger partial charge in [-0.2, -0.15) is 0 Å². The molecule has 1 aliphatic rings. The van der Waals surface area contributed by atoms with E-state index >= 15 is 0 Å². The average molecular weight is 498 g/mol. The lowest BCUT2D eigenvalue weighted by Gasteiger charge is -2.14. The van der Waals surface area contributed by atoms with Gasteiger partial charge in [-0.05, 0) is 29.8 Å². The van der Waals surface area contributed by atoms with Gasteiger partial charge in [0.1, 0.15) is 0 Å². The van der Waals surface area contributed by atoms with Crippen LogP contribution >= 0.6 is 11.8 Å². The normalized spacial score (nSPS) is 13.3. The lowest BCUT2D eigenvalue weighted by Crippen LogP contribution is -2.28. The van der Waals surface area contributed by atoms with E-state index in [1.165, 1.54) is 16.7 Å². The van der Waals surface area contributed by atoms with Gasteiger partial charge in [-0.25, -0.2) is 0 Å². The number of nitrogens with zero attached hydrogens (tertiary/aromatic N) is 4. The third-order valence-electron chi connectivity index (χ3n) is 5.75. The van der Waals surface area contributed by atoms with Crippen LogP contribution in [0.2, 0.25) is 0 Å². The van der Waals surface area contributed by atoms with Crippen LogP contribution in [0.4, 0.5) is 5.69 Å². The molecule has 8 nitrogen and oxygen atoms in total. The minimum Gasteiger partial charge on any atom is -0.325 e. The number of anilines is 1. The summed E-state index contributed by atoms with van der Waals surface area (Å²) in [6.45, 7) is 0.251. The van der Waals surface area contributed by atoms with Crippen molar-refractivity contribution in [1.29, 1.82) is 0 Å². The summed E-state index contributed by atoms with van der Waals surface area (Å²) in [4.78, 5) is 37.6. The van der Waals surface area contributed by atoms with E-state index in [-0.39, 0.29) is 42.9 Å². The Morgan fingerprint density at radius 1 is 0.833 bits per heavy atom. The molecule has 1 saturated heterocycles. The summed E-state index contributed by atoms with van der Waals surface area (Å²) in [5, 5.41) is 12.3. The summed E-state index contributed by atoms with van der Waals surface area (Å²) >= 11 is 1.31. The number of benzene rings is 3. The van der Waals surface area contributed by atoms with Crippen molar-refractivity contribution >= 4 is 35.2 Å². The highest BCUT2D eigenvalue weighted by molar-refractivity contribution is 7.99. The Morgan fingerprint density at radius 3 is 2.14 bits per heavy atom. The summed E-state index contributed by atoms with van der Waals surface area (Å²) in [5.74, 6) is 0.385. The fourth-order valence-electron chi connectivity index (χ4n) is 3.95. The van der Waals surface area contributed by atoms with Crippen molar-refractivity contribution < 1.29 is 14.4 Å². The van der Waals surface area contributed by atoms with Crippen molar-refractivity contribution in [3.05, 3.63) is 90.5 Å². The molecule has 2 heterocycles. The second-order valence-corrected chi connectivity index (χ2v) is 9.19. The molecule has 9 heteroatoms. The topological polar surface area (TPSA) is 97.2 Å². The Balaban J connectivity index is 1.25. The third kappa shape index (κ3) is 5.21. The van der Waals surface area contributed by atoms with E-state index in [4.69, 9.17) is 0 Å². The molecule has 180 valence electrons. The number of aromatic nitrogens is 3. The van der Waals surface area contributed by atoms with Crippen LogP contribution in [-0.4, -0.2) is 43.1 Å². The van der Waals surface area contributed by atoms with E-state index in [1.54, 1.807) is 24.3 Å². The molecule has 0 bridgehead atoms. The summed E-state index contributed by atoms with van der Waals surface area (Å²) < 4.78 is 1.95. The number of carbonyl (C=O) groups is 3. The molecule has 0 aliphatic carbocycles. The van der Waals surface area contributed by atoms with E-state index in [2.05, 4.69) is 15.5 Å². The monoisotopic (exact) mass is 497 g/mol. The van der Waals surface area contributed by atoms with Gasteiger partial charge in [0.15, 0.2) is 11.0 Å². The molecule has 0 radical (unpaired) electrons. The maximum atomic E-state index is 12.7. The molecule has 1 aliphatic heterocycles. The number of thioether (sulfide) groups is 1. The van der Waals surface area contributed by atoms with Gasteiger partial charge >= 0.3 is 0 Å². The zero-order valence-corrected chi connectivity index (χ0v) is 20.1. The molecule has 0 spiro atoms. The Labute approximate surface area is 212 Å². The van der Waals surface area contributed by atoms with Crippen LogP contribution in [0, 0.1) is 0 Å². The predicted octanol–water partition coefficient (Wildman–Crippen LogP) is 4.31. The van der Waals surface area contributed by atoms with Crippen LogP contribution in [-0.2, 0) is 20.9 Å². The number of imide groups is 1. The number of rotatable bonds is 8. The molecule has 0 saturated carbocycles. The summed E-state index contributed by atoms with van der Waals surface area (Å²) in [6, 6.07) is 26.7. The SMILES string of the molecule is O=C(CSc1nnc(-c2ccccc2)n1-c1ccccc1)Nc1ccc(CN2C(=O)CCC2=O)cc1. The number of nitrogens with one attached hydrogen (secondary N) is 1. The second kappa shape index (κ2) is 10.6. The van der Waals surface area contributed by atoms with Crippen LogP contribution in [0.1, 0.15) is 18.4 Å². The first-order chi connectivity index (χ1) is 17.6. The van der Waals surface area contributed by atoms with Gasteiger partial charge in [-0.3, -0.25) is 23.9 Å². The standard InChI is InChI=1S/C27H23N5O3S/c33-23(28-21-13-11-19(12-14-21)17-31-24(34)15-16-25(31)35)18-36-27-30-29-26(20-7-3-1-4-8-20)32(27)22-9-5-2-6-10-22/h1-14H,15-18H2,(H,28,33). The van der Waals surface area contributed by atoms with Crippen molar-refractivity contribution in [2.45, 2.75) is 24.5 Å². The number of amides is 3. The first-order valence-electron chi connectivity index (χ1n) is 11.5. The van der Waals surface area contributed by atoms with Gasteiger partial charge in [-0.15, -0.1) is 10.2 Å². The van der Waals surface area contributed by atoms with Crippen molar-refractivity contribution in [3.8, 4) is 17.1 Å². The summed E-state index contributed by atoms with van der Waals surface area (Å²) in [7, 11) is 0. The van der Waals surface area contributed by atoms with E-state index in [0.717, 1.165) is 16.8 Å². The molecular formula is C27H23N5O3S. The van der Waals surface area contributed by atoms with Crippen molar-refractivity contribution in [3.63, 3.8) is 0 Å². The third-order valence-corrected chi connectivity index (χ3v) is 6.67. The number of hydrogen-bond donors (Lipinski definition) is 1. The fourth-order valence-corrected chi connectivity index (χ4v) is 4.70. The molecule has 1 aromatic heterocycles. The Kier molecular flexibility index (Phi) is 6.90. The summed E-state index contributed by atoms with van der Waals surface area (Å²) in [6.07, 6.45) is 0.547. The highest BCUT2D eigenvalue weighted by atomic mass is 32.2. The number of para-hydroxylation sites is 1. The molecule has 0 atom stereocenters. The minimum atomic E-state index is -0.179. The molecule has 0 unspecified atom stereocenters. The van der Waals surface area contributed by atoms with Gasteiger partial charge in [0, 0.05) is 29.8 Å². The van der Waals surface area contributed by atoms with Gasteiger partial charge < -0.3 is 5.32 Å². The van der Waals surface area contributed by atoms with Gasteiger partial charge in [0.2, 0.25) is 17.7 Å². The van der Waals surface area contributed by atoms with E-state index < -0.39 is 0 Å². The highest BCUT2D eigenvalue weighted by Gasteiger charge is 2.28. The van der Waals surface area contributed by atoms with E-state index in [9.17, 15) is 14.4 Å². The molecule has 1 N–H and O–H groups in total. The smallest absolute Gasteiger partial charge is 0.234 e. The van der Waals surface area contributed by atoms with Crippen LogP contribution in [0.5, 0.6) is 0 Å². The van der Waals surface area contributed by atoms with Crippen LogP contribution in [0.25, 0.3) is 17.1 Å². The highest BCUT2D eigenvalue weighted by Crippen LogP contribution is 2.28. The van der Waals surface area contributed by atoms with Crippen LogP contribution in [0.15, 0.2) is 90.1 Å². The largest absolute Gasteiger partial charge is 0.325 e. The lowest BCUT2D eigenvalue weighted by molar-refractivity contribution is -0.139. The quantitative estimate of drug-likeness (QED) is 0.288. The first-order valence-corrected chi connectivity index (χ1v) is 12.5. The van der Waals surface area contributed by atoms with Gasteiger partial charge in [0.05, 0.1) is 12.3 Å². The summed E-state index contributed by atoms with van der Waals surface area (Å²) in [5.41, 5.74) is 3.31. The first kappa shape index (κ1) is 23.5. The van der Waals surface area contributed by atoms with Gasteiger partial charge in [0.25, 0.3) is 0 Å². The van der Waals surface area contributed by atoms with Gasteiger partial charge in [-0.1, -0.05) is 72.4 Å². The molecule has 3 aromatic carbocycles. The maximum Gasteiger partial charge on any atom is 0.234 e. The van der Waals surface area contributed by atoms with Crippen LogP contribution in [0.3, 0.4) is 0 Å². The van der Waals surface area contributed by atoms with E-state index in [1.807, 2.05) is 65.2 Å². The van der Waals surface area contributed by atoms with Crippen molar-refractivity contribution in [2.24, 2.45) is 0 Å². The van der Waals surface area contributed by atoms with Crippen LogP contribution < -0.4 is 5.32 Å². The second-order valence-electron chi connectivity index (χ2n) is 8.25. The minimum absolute atomic E-state index is 0.145. The average Bonchev–Trinajstić information content (AvgIpc) is 3.48. The Bertz CT molecular complexity index is 1370. The Morgan fingerprint density at radius 2 is 1.47 bits per heavy atom. The zero-order valence-electron chi connectivity index (χ0n) is 19.3. The number of carbonyl (C=O) groups excluding carboxylic acids is 3. The van der Waals surface area contributed by atoms with Crippen molar-refractivity contribution in [1.82, 2.24) is 19.7 Å². The molecule has 36 heavy (non-hydrogen) atoms. The zero-order chi connectivity index (χ0) is 24.9. The lowest BCUT2D eigenvalue weighted by atomic mass is 10.2. The fraction of sp³-hybridized carbons (Fsp3) is 0.148. The molecular weight excluding hydrogens is 474 g/mol. The molecule has 1 fully saturated rings. The molecule has 3 amide bonds. The molecule has 4 aromatic rings. The number of hydrogen-bond acceptors (Lipinski definition) is 6. The predicted molar refractivity (Wildman–Crippen MR) is 137 cm³/mol. The number of likely N-dealkylation sites (tertiary alicyclic amines) is 1. The van der Waals surface area contributed by atoms with E-state index in [0.29, 0.717) is 16.7 Å². The molecule has 5 rings (SSSR count). The Hall–Kier alpha value is -4.24. The maximum absolute atomic E-state index is 12.7.